The number of alkyl halides is 1. The molecular formula is C28H29F5N2O3S. The molecule has 0 spiro atoms. The fourth-order valence-corrected chi connectivity index (χ4v) is 6.14. The zero-order valence-corrected chi connectivity index (χ0v) is 22.2. The summed E-state index contributed by atoms with van der Waals surface area (Å²) >= 11 is 1.20. The number of carboxylic acid groups (broad SMARTS) is 1. The molecule has 210 valence electrons. The van der Waals surface area contributed by atoms with E-state index in [0.29, 0.717) is 54.9 Å². The van der Waals surface area contributed by atoms with E-state index >= 15 is 4.39 Å². The number of halogens is 5. The number of likely N-dealkylation sites (tertiary alicyclic amines) is 1. The molecule has 0 aliphatic carbocycles. The zero-order chi connectivity index (χ0) is 28.2. The number of carbonyl (C=O) groups is 1. The summed E-state index contributed by atoms with van der Waals surface area (Å²) in [6.07, 6.45) is 0.480. The Bertz CT molecular complexity index is 1310. The van der Waals surface area contributed by atoms with Crippen LogP contribution in [0.15, 0.2) is 41.4 Å². The van der Waals surface area contributed by atoms with E-state index in [1.165, 1.54) is 18.9 Å². The van der Waals surface area contributed by atoms with E-state index < -0.39 is 40.8 Å². The standard InChI is InChI=1S/C28H29F5N2O3S/c1-38-17-2-3-24-19(12-17)26(23(32)16-34-24)20(29)4-5-28(15-25(36)37)6-8-35(9-7-28)10-11-39-18-13-21(30)27(33)22(31)14-18/h2-3,12-14,16,20H,4-11,15H2,1H3,(H,36,37). The topological polar surface area (TPSA) is 62.7 Å². The first-order chi connectivity index (χ1) is 18.6. The van der Waals surface area contributed by atoms with Crippen molar-refractivity contribution in [3.8, 4) is 5.75 Å². The average molecular weight is 569 g/mol. The normalized spacial score (nSPS) is 16.4. The van der Waals surface area contributed by atoms with Crippen LogP contribution in [0.1, 0.15) is 43.8 Å². The first kappa shape index (κ1) is 29.1. The molecule has 39 heavy (non-hydrogen) atoms. The van der Waals surface area contributed by atoms with Crippen molar-refractivity contribution in [3.63, 3.8) is 0 Å². The smallest absolute Gasteiger partial charge is 0.303 e. The third-order valence-corrected chi connectivity index (χ3v) is 8.34. The van der Waals surface area contributed by atoms with Crippen LogP contribution in [0.5, 0.6) is 5.75 Å². The van der Waals surface area contributed by atoms with Gasteiger partial charge in [0.25, 0.3) is 0 Å². The summed E-state index contributed by atoms with van der Waals surface area (Å²) in [7, 11) is 1.46. The number of hydrogen-bond donors (Lipinski definition) is 1. The lowest BCUT2D eigenvalue weighted by Gasteiger charge is -2.41. The number of aromatic nitrogens is 1. The summed E-state index contributed by atoms with van der Waals surface area (Å²) in [5.74, 6) is -4.76. The molecule has 5 nitrogen and oxygen atoms in total. The lowest BCUT2D eigenvalue weighted by molar-refractivity contribution is -0.141. The van der Waals surface area contributed by atoms with E-state index in [4.69, 9.17) is 4.74 Å². The summed E-state index contributed by atoms with van der Waals surface area (Å²) in [6.45, 7) is 1.72. The van der Waals surface area contributed by atoms with Gasteiger partial charge in [-0.1, -0.05) is 0 Å². The fraction of sp³-hybridized carbons (Fsp3) is 0.429. The molecule has 1 N–H and O–H groups in total. The second-order valence-electron chi connectivity index (χ2n) is 9.87. The van der Waals surface area contributed by atoms with Crippen molar-refractivity contribution in [1.82, 2.24) is 9.88 Å². The SMILES string of the molecule is COc1ccc2ncc(F)c(C(F)CCC3(CC(=O)O)CCN(CCSc4cc(F)c(F)c(F)c4)CC3)c2c1. The van der Waals surface area contributed by atoms with Crippen LogP contribution in [0, 0.1) is 28.7 Å². The molecule has 4 rings (SSSR count). The van der Waals surface area contributed by atoms with Gasteiger partial charge in [-0.05, 0) is 74.5 Å². The predicted molar refractivity (Wildman–Crippen MR) is 139 cm³/mol. The Morgan fingerprint density at radius 3 is 2.46 bits per heavy atom. The van der Waals surface area contributed by atoms with Crippen LogP contribution in [0.3, 0.4) is 0 Å². The highest BCUT2D eigenvalue weighted by Gasteiger charge is 2.37. The largest absolute Gasteiger partial charge is 0.497 e. The molecule has 0 radical (unpaired) electrons. The lowest BCUT2D eigenvalue weighted by Crippen LogP contribution is -2.42. The number of ether oxygens (including phenoxy) is 1. The third-order valence-electron chi connectivity index (χ3n) is 7.39. The Labute approximate surface area is 227 Å². The Morgan fingerprint density at radius 2 is 1.82 bits per heavy atom. The summed E-state index contributed by atoms with van der Waals surface area (Å²) in [4.78, 5) is 18.1. The van der Waals surface area contributed by atoms with Gasteiger partial charge in [0.15, 0.2) is 17.5 Å². The molecule has 1 atom stereocenters. The van der Waals surface area contributed by atoms with Gasteiger partial charge >= 0.3 is 5.97 Å². The third kappa shape index (κ3) is 7.00. The van der Waals surface area contributed by atoms with Crippen LogP contribution < -0.4 is 4.74 Å². The number of thioether (sulfide) groups is 1. The Hall–Kier alpha value is -2.92. The first-order valence-electron chi connectivity index (χ1n) is 12.6. The summed E-state index contributed by atoms with van der Waals surface area (Å²) in [5, 5.41) is 9.89. The quantitative estimate of drug-likeness (QED) is 0.154. The monoisotopic (exact) mass is 568 g/mol. The highest BCUT2D eigenvalue weighted by molar-refractivity contribution is 7.99. The van der Waals surface area contributed by atoms with Crippen molar-refractivity contribution in [3.05, 3.63) is 65.4 Å². The van der Waals surface area contributed by atoms with Gasteiger partial charge in [-0.15, -0.1) is 11.8 Å². The minimum Gasteiger partial charge on any atom is -0.497 e. The molecular weight excluding hydrogens is 539 g/mol. The summed E-state index contributed by atoms with van der Waals surface area (Å²) in [6, 6.07) is 6.75. The Kier molecular flexibility index (Phi) is 9.32. The van der Waals surface area contributed by atoms with E-state index in [1.807, 2.05) is 0 Å². The highest BCUT2D eigenvalue weighted by atomic mass is 32.2. The minimum atomic E-state index is -1.65. The number of nitrogens with zero attached hydrogens (tertiary/aromatic N) is 2. The predicted octanol–water partition coefficient (Wildman–Crippen LogP) is 6.94. The molecule has 1 saturated heterocycles. The number of fused-ring (bicyclic) bond motifs is 1. The van der Waals surface area contributed by atoms with Crippen LogP contribution in [0.2, 0.25) is 0 Å². The molecule has 2 aromatic carbocycles. The van der Waals surface area contributed by atoms with E-state index in [1.54, 1.807) is 18.2 Å². The Morgan fingerprint density at radius 1 is 1.13 bits per heavy atom. The molecule has 1 aromatic heterocycles. The minimum absolute atomic E-state index is 0.0436. The number of piperidine rings is 1. The van der Waals surface area contributed by atoms with Crippen LogP contribution in [-0.4, -0.2) is 53.5 Å². The van der Waals surface area contributed by atoms with E-state index in [2.05, 4.69) is 9.88 Å². The van der Waals surface area contributed by atoms with Gasteiger partial charge in [-0.2, -0.15) is 0 Å². The van der Waals surface area contributed by atoms with Gasteiger partial charge in [0.1, 0.15) is 17.7 Å². The molecule has 0 saturated carbocycles. The van der Waals surface area contributed by atoms with E-state index in [-0.39, 0.29) is 29.7 Å². The first-order valence-corrected chi connectivity index (χ1v) is 13.6. The van der Waals surface area contributed by atoms with Crippen LogP contribution >= 0.6 is 11.8 Å². The molecule has 1 aliphatic heterocycles. The molecule has 0 amide bonds. The number of benzene rings is 2. The van der Waals surface area contributed by atoms with Crippen molar-refractivity contribution in [2.75, 3.05) is 32.5 Å². The average Bonchev–Trinajstić information content (AvgIpc) is 2.90. The van der Waals surface area contributed by atoms with Crippen LogP contribution in [0.25, 0.3) is 10.9 Å². The van der Waals surface area contributed by atoms with Gasteiger partial charge in [0.05, 0.1) is 25.2 Å². The number of pyridine rings is 1. The Balaban J connectivity index is 1.38. The van der Waals surface area contributed by atoms with Gasteiger partial charge < -0.3 is 14.7 Å². The maximum atomic E-state index is 15.6. The molecule has 0 bridgehead atoms. The van der Waals surface area contributed by atoms with Crippen molar-refractivity contribution in [1.29, 1.82) is 0 Å². The second kappa shape index (κ2) is 12.5. The summed E-state index contributed by atoms with van der Waals surface area (Å²) in [5.41, 5.74) is -0.306. The molecule has 1 fully saturated rings. The number of rotatable bonds is 11. The maximum Gasteiger partial charge on any atom is 0.303 e. The molecule has 1 unspecified atom stereocenters. The molecule has 2 heterocycles. The zero-order valence-electron chi connectivity index (χ0n) is 21.4. The van der Waals surface area contributed by atoms with Gasteiger partial charge in [-0.3, -0.25) is 9.78 Å². The number of aliphatic carboxylic acids is 1. The maximum absolute atomic E-state index is 15.6. The van der Waals surface area contributed by atoms with Crippen LogP contribution in [0.4, 0.5) is 22.0 Å². The van der Waals surface area contributed by atoms with Gasteiger partial charge in [-0.25, -0.2) is 22.0 Å². The van der Waals surface area contributed by atoms with E-state index in [9.17, 15) is 27.5 Å². The van der Waals surface area contributed by atoms with Crippen molar-refractivity contribution < 1.29 is 36.6 Å². The second-order valence-corrected chi connectivity index (χ2v) is 11.0. The van der Waals surface area contributed by atoms with Crippen molar-refractivity contribution in [2.24, 2.45) is 5.41 Å². The highest BCUT2D eigenvalue weighted by Crippen LogP contribution is 2.43. The number of hydrogen-bond acceptors (Lipinski definition) is 5. The number of methoxy groups -OCH3 is 1. The van der Waals surface area contributed by atoms with Crippen molar-refractivity contribution in [2.45, 2.75) is 43.2 Å². The molecule has 3 aromatic rings. The lowest BCUT2D eigenvalue weighted by atomic mass is 9.71. The van der Waals surface area contributed by atoms with Crippen molar-refractivity contribution >= 4 is 28.6 Å². The van der Waals surface area contributed by atoms with Gasteiger partial charge in [0, 0.05) is 28.1 Å². The molecule has 1 aliphatic rings. The molecule has 11 heteroatoms. The number of carboxylic acids is 1. The fourth-order valence-electron chi connectivity index (χ4n) is 5.19. The van der Waals surface area contributed by atoms with E-state index in [0.717, 1.165) is 18.3 Å². The van der Waals surface area contributed by atoms with Gasteiger partial charge in [0.2, 0.25) is 0 Å². The van der Waals surface area contributed by atoms with Crippen LogP contribution in [-0.2, 0) is 4.79 Å². The summed E-state index contributed by atoms with van der Waals surface area (Å²) < 4.78 is 75.5.